The molecule has 5 atom stereocenters. The number of nitrogens with two attached hydrogens (primary N) is 1. The van der Waals surface area contributed by atoms with E-state index in [0.717, 1.165) is 0 Å². The summed E-state index contributed by atoms with van der Waals surface area (Å²) in [7, 11) is 0. The van der Waals surface area contributed by atoms with Gasteiger partial charge in [-0.1, -0.05) is 6.42 Å². The first kappa shape index (κ1) is 29.2. The number of aliphatic hydroxyl groups excluding tert-OH is 3. The van der Waals surface area contributed by atoms with E-state index in [0.29, 0.717) is 52.2 Å². The molecule has 1 rings (SSSR count). The Labute approximate surface area is 193 Å². The number of nitrogens with one attached hydrogen (secondary N) is 3. The summed E-state index contributed by atoms with van der Waals surface area (Å²) in [6, 6.07) is -1.06. The maximum Gasteiger partial charge on any atom is 0.245 e. The molecule has 13 heteroatoms. The predicted octanol–water partition coefficient (Wildman–Crippen LogP) is -3.29. The van der Waals surface area contributed by atoms with Crippen molar-refractivity contribution in [3.63, 3.8) is 0 Å². The first-order valence-electron chi connectivity index (χ1n) is 11.1. The van der Waals surface area contributed by atoms with Gasteiger partial charge in [-0.05, 0) is 12.8 Å². The normalized spacial score (nSPS) is 24.8. The van der Waals surface area contributed by atoms with E-state index in [2.05, 4.69) is 16.0 Å². The van der Waals surface area contributed by atoms with E-state index in [1.54, 1.807) is 0 Å². The molecule has 0 aliphatic carbocycles. The zero-order chi connectivity index (χ0) is 24.6. The van der Waals surface area contributed by atoms with Gasteiger partial charge in [-0.15, -0.1) is 0 Å². The van der Waals surface area contributed by atoms with E-state index in [1.807, 2.05) is 0 Å². The van der Waals surface area contributed by atoms with E-state index in [-0.39, 0.29) is 24.8 Å². The van der Waals surface area contributed by atoms with Crippen molar-refractivity contribution >= 4 is 17.7 Å². The number of aliphatic hydroxyl groups is 3. The van der Waals surface area contributed by atoms with Crippen molar-refractivity contribution in [1.29, 1.82) is 0 Å². The van der Waals surface area contributed by atoms with Gasteiger partial charge in [0.2, 0.25) is 17.7 Å². The molecule has 1 aliphatic heterocycles. The minimum Gasteiger partial charge on any atom is -0.394 e. The molecule has 8 N–H and O–H groups in total. The number of hydrogen-bond donors (Lipinski definition) is 7. The van der Waals surface area contributed by atoms with Crippen LogP contribution in [0.15, 0.2) is 0 Å². The van der Waals surface area contributed by atoms with E-state index < -0.39 is 43.1 Å². The van der Waals surface area contributed by atoms with Crippen LogP contribution in [0.25, 0.3) is 0 Å². The second-order valence-corrected chi connectivity index (χ2v) is 7.67. The predicted molar refractivity (Wildman–Crippen MR) is 116 cm³/mol. The van der Waals surface area contributed by atoms with Crippen molar-refractivity contribution in [2.75, 3.05) is 46.1 Å². The van der Waals surface area contributed by atoms with Crippen LogP contribution >= 0.6 is 0 Å². The molecule has 0 spiro atoms. The average Bonchev–Trinajstić information content (AvgIpc) is 2.77. The molecule has 0 unspecified atom stereocenters. The van der Waals surface area contributed by atoms with Gasteiger partial charge in [0.25, 0.3) is 0 Å². The second-order valence-electron chi connectivity index (χ2n) is 7.67. The molecule has 0 aromatic rings. The Morgan fingerprint density at radius 3 is 2.36 bits per heavy atom. The molecule has 0 aromatic carbocycles. The summed E-state index contributed by atoms with van der Waals surface area (Å²) >= 11 is 0. The summed E-state index contributed by atoms with van der Waals surface area (Å²) in [5.41, 5.74) is 5.28. The monoisotopic (exact) mass is 478 g/mol. The SMILES string of the molecule is CC(=O)N[C@@H]1[C@@H](O)[C@H](O)[C@@H](CO)O[C@H]1NC(=O)CCCCCNC(=O)COCCOCCN. The number of ether oxygens (including phenoxy) is 3. The quantitative estimate of drug-likeness (QED) is 0.110. The van der Waals surface area contributed by atoms with E-state index in [4.69, 9.17) is 19.9 Å². The van der Waals surface area contributed by atoms with Gasteiger partial charge in [0.15, 0.2) is 6.23 Å². The Morgan fingerprint density at radius 1 is 0.970 bits per heavy atom. The van der Waals surface area contributed by atoms with E-state index >= 15 is 0 Å². The molecular formula is C20H38N4O9. The number of amides is 3. The van der Waals surface area contributed by atoms with Gasteiger partial charge in [-0.3, -0.25) is 14.4 Å². The molecule has 0 radical (unpaired) electrons. The fraction of sp³-hybridized carbons (Fsp3) is 0.850. The summed E-state index contributed by atoms with van der Waals surface area (Å²) in [6.07, 6.45) is -2.97. The molecule has 0 saturated carbocycles. The Balaban J connectivity index is 2.23. The van der Waals surface area contributed by atoms with Crippen molar-refractivity contribution < 1.29 is 43.9 Å². The third-order valence-electron chi connectivity index (χ3n) is 4.87. The lowest BCUT2D eigenvalue weighted by Gasteiger charge is -2.42. The molecular weight excluding hydrogens is 440 g/mol. The maximum absolute atomic E-state index is 12.3. The van der Waals surface area contributed by atoms with Crippen molar-refractivity contribution in [3.05, 3.63) is 0 Å². The van der Waals surface area contributed by atoms with Gasteiger partial charge < -0.3 is 51.2 Å². The lowest BCUT2D eigenvalue weighted by molar-refractivity contribution is -0.203. The molecule has 192 valence electrons. The summed E-state index contributed by atoms with van der Waals surface area (Å²) in [4.78, 5) is 35.3. The van der Waals surface area contributed by atoms with Gasteiger partial charge >= 0.3 is 0 Å². The van der Waals surface area contributed by atoms with Gasteiger partial charge in [-0.25, -0.2) is 0 Å². The number of carbonyl (C=O) groups excluding carboxylic acids is 3. The molecule has 3 amide bonds. The summed E-state index contributed by atoms with van der Waals surface area (Å²) in [5.74, 6) is -1.07. The van der Waals surface area contributed by atoms with Crippen LogP contribution < -0.4 is 21.7 Å². The largest absolute Gasteiger partial charge is 0.394 e. The Bertz CT molecular complexity index is 596. The molecule has 13 nitrogen and oxygen atoms in total. The van der Waals surface area contributed by atoms with Gasteiger partial charge in [-0.2, -0.15) is 0 Å². The number of rotatable bonds is 16. The van der Waals surface area contributed by atoms with Crippen LogP contribution in [-0.4, -0.2) is 110 Å². The average molecular weight is 479 g/mol. The summed E-state index contributed by atoms with van der Waals surface area (Å²) in [5, 5.41) is 37.3. The standard InChI is InChI=1S/C20H38N4O9/c1-13(26)23-17-19(30)18(29)14(11-25)33-20(17)24-15(27)5-3-2-4-7-22-16(28)12-32-10-9-31-8-6-21/h14,17-20,25,29-30H,2-12,21H2,1H3,(H,22,28)(H,23,26)(H,24,27)/t14-,17-,18-,19-,20-/m1/s1. The van der Waals surface area contributed by atoms with Crippen LogP contribution in [0, 0.1) is 0 Å². The van der Waals surface area contributed by atoms with Crippen LogP contribution in [0.3, 0.4) is 0 Å². The zero-order valence-electron chi connectivity index (χ0n) is 19.0. The molecule has 1 saturated heterocycles. The Hall–Kier alpha value is -1.87. The van der Waals surface area contributed by atoms with E-state index in [1.165, 1.54) is 6.92 Å². The Kier molecular flexibility index (Phi) is 14.8. The second kappa shape index (κ2) is 16.7. The van der Waals surface area contributed by atoms with Crippen LogP contribution in [0.1, 0.15) is 32.6 Å². The first-order valence-corrected chi connectivity index (χ1v) is 11.1. The number of unbranched alkanes of at least 4 members (excludes halogenated alkanes) is 2. The summed E-state index contributed by atoms with van der Waals surface area (Å²) in [6.45, 7) is 2.65. The number of carbonyl (C=O) groups is 3. The topological polar surface area (TPSA) is 202 Å². The van der Waals surface area contributed by atoms with E-state index in [9.17, 15) is 29.7 Å². The van der Waals surface area contributed by atoms with Crippen molar-refractivity contribution in [3.8, 4) is 0 Å². The fourth-order valence-electron chi connectivity index (χ4n) is 3.20. The lowest BCUT2D eigenvalue weighted by atomic mass is 9.95. The molecule has 1 fully saturated rings. The van der Waals surface area contributed by atoms with Crippen LogP contribution in [0.2, 0.25) is 0 Å². The van der Waals surface area contributed by atoms with Crippen LogP contribution in [-0.2, 0) is 28.6 Å². The first-order chi connectivity index (χ1) is 15.8. The fourth-order valence-corrected chi connectivity index (χ4v) is 3.20. The van der Waals surface area contributed by atoms with Gasteiger partial charge in [0, 0.05) is 26.4 Å². The zero-order valence-corrected chi connectivity index (χ0v) is 19.0. The maximum atomic E-state index is 12.3. The molecule has 0 bridgehead atoms. The third kappa shape index (κ3) is 11.7. The highest BCUT2D eigenvalue weighted by atomic mass is 16.5. The lowest BCUT2D eigenvalue weighted by Crippen LogP contribution is -2.68. The third-order valence-corrected chi connectivity index (χ3v) is 4.87. The highest BCUT2D eigenvalue weighted by Gasteiger charge is 2.45. The van der Waals surface area contributed by atoms with Crippen molar-refractivity contribution in [1.82, 2.24) is 16.0 Å². The highest BCUT2D eigenvalue weighted by molar-refractivity contribution is 5.77. The summed E-state index contributed by atoms with van der Waals surface area (Å²) < 4.78 is 15.7. The Morgan fingerprint density at radius 2 is 1.70 bits per heavy atom. The minimum atomic E-state index is -1.42. The van der Waals surface area contributed by atoms with Crippen LogP contribution in [0.4, 0.5) is 0 Å². The highest BCUT2D eigenvalue weighted by Crippen LogP contribution is 2.20. The number of hydrogen-bond acceptors (Lipinski definition) is 10. The van der Waals surface area contributed by atoms with Crippen molar-refractivity contribution in [2.24, 2.45) is 5.73 Å². The van der Waals surface area contributed by atoms with Crippen molar-refractivity contribution in [2.45, 2.75) is 63.2 Å². The van der Waals surface area contributed by atoms with Gasteiger partial charge in [0.05, 0.1) is 26.4 Å². The smallest absolute Gasteiger partial charge is 0.245 e. The molecule has 1 aliphatic rings. The van der Waals surface area contributed by atoms with Gasteiger partial charge in [0.1, 0.15) is 31.0 Å². The minimum absolute atomic E-state index is 0.0549. The molecule has 33 heavy (non-hydrogen) atoms. The molecule has 1 heterocycles. The molecule has 0 aromatic heterocycles. The van der Waals surface area contributed by atoms with Crippen LogP contribution in [0.5, 0.6) is 0 Å².